The molecule has 0 saturated heterocycles. The van der Waals surface area contributed by atoms with E-state index in [0.717, 1.165) is 23.7 Å². The Morgan fingerprint density at radius 1 is 1.26 bits per heavy atom. The van der Waals surface area contributed by atoms with Gasteiger partial charge in [-0.3, -0.25) is 4.79 Å². The highest BCUT2D eigenvalue weighted by atomic mass is 32.1. The molecule has 2 aromatic rings. The van der Waals surface area contributed by atoms with Gasteiger partial charge in [0.05, 0.1) is 11.3 Å². The van der Waals surface area contributed by atoms with Crippen molar-refractivity contribution in [2.45, 2.75) is 19.5 Å². The summed E-state index contributed by atoms with van der Waals surface area (Å²) < 4.78 is 40.8. The number of alkyl halides is 3. The molecule has 0 fully saturated rings. The van der Waals surface area contributed by atoms with Gasteiger partial charge >= 0.3 is 6.18 Å². The van der Waals surface area contributed by atoms with Crippen molar-refractivity contribution in [1.82, 2.24) is 9.59 Å². The molecule has 3 nitrogen and oxygen atoms in total. The summed E-state index contributed by atoms with van der Waals surface area (Å²) in [4.78, 5) is 12.3. The Morgan fingerprint density at radius 3 is 2.37 bits per heavy atom. The number of aromatic nitrogens is 2. The molecule has 19 heavy (non-hydrogen) atoms. The van der Waals surface area contributed by atoms with Crippen molar-refractivity contribution in [3.05, 3.63) is 46.0 Å². The molecule has 0 aliphatic heterocycles. The molecule has 0 saturated carbocycles. The van der Waals surface area contributed by atoms with Crippen molar-refractivity contribution in [1.29, 1.82) is 0 Å². The molecule has 100 valence electrons. The molecule has 0 radical (unpaired) electrons. The fourth-order valence-electron chi connectivity index (χ4n) is 1.56. The number of benzene rings is 1. The predicted molar refractivity (Wildman–Crippen MR) is 64.1 cm³/mol. The molecule has 1 heterocycles. The van der Waals surface area contributed by atoms with Gasteiger partial charge in [0.2, 0.25) is 0 Å². The van der Waals surface area contributed by atoms with E-state index < -0.39 is 11.7 Å². The van der Waals surface area contributed by atoms with Gasteiger partial charge < -0.3 is 0 Å². The first kappa shape index (κ1) is 13.7. The Morgan fingerprint density at radius 2 is 1.89 bits per heavy atom. The molecule has 2 rings (SSSR count). The minimum Gasteiger partial charge on any atom is -0.293 e. The number of hydrogen-bond donors (Lipinski definition) is 0. The molecule has 0 aliphatic rings. The molecule has 7 heteroatoms. The van der Waals surface area contributed by atoms with Gasteiger partial charge in [0, 0.05) is 6.42 Å². The van der Waals surface area contributed by atoms with Crippen LogP contribution in [0, 0.1) is 6.92 Å². The van der Waals surface area contributed by atoms with E-state index in [1.165, 1.54) is 12.1 Å². The Labute approximate surface area is 111 Å². The number of carbonyl (C=O) groups is 1. The second-order valence-electron chi connectivity index (χ2n) is 3.98. The van der Waals surface area contributed by atoms with E-state index in [1.54, 1.807) is 6.92 Å². The lowest BCUT2D eigenvalue weighted by Crippen LogP contribution is -2.06. The first-order valence-corrected chi connectivity index (χ1v) is 6.13. The summed E-state index contributed by atoms with van der Waals surface area (Å²) in [5, 5.41) is 3.72. The van der Waals surface area contributed by atoms with E-state index in [1.807, 2.05) is 0 Å². The fourth-order valence-corrected chi connectivity index (χ4v) is 2.16. The van der Waals surface area contributed by atoms with E-state index in [-0.39, 0.29) is 12.2 Å². The van der Waals surface area contributed by atoms with Crippen molar-refractivity contribution in [3.8, 4) is 0 Å². The third kappa shape index (κ3) is 3.17. The van der Waals surface area contributed by atoms with E-state index in [4.69, 9.17) is 0 Å². The van der Waals surface area contributed by atoms with Crippen LogP contribution in [-0.4, -0.2) is 15.4 Å². The molecule has 0 atom stereocenters. The fraction of sp³-hybridized carbons (Fsp3) is 0.250. The molecule has 1 aromatic heterocycles. The van der Waals surface area contributed by atoms with Gasteiger partial charge in [0.25, 0.3) is 0 Å². The molecule has 0 bridgehead atoms. The summed E-state index contributed by atoms with van der Waals surface area (Å²) in [5.74, 6) is -0.188. The molecular weight excluding hydrogens is 277 g/mol. The largest absolute Gasteiger partial charge is 0.416 e. The number of hydrogen-bond acceptors (Lipinski definition) is 4. The second kappa shape index (κ2) is 5.08. The number of halogens is 3. The third-order valence-electron chi connectivity index (χ3n) is 2.55. The average molecular weight is 286 g/mol. The van der Waals surface area contributed by atoms with Gasteiger partial charge in [0.15, 0.2) is 5.78 Å². The van der Waals surface area contributed by atoms with Crippen molar-refractivity contribution >= 4 is 17.3 Å². The summed E-state index contributed by atoms with van der Waals surface area (Å²) in [6, 6.07) is 4.57. The van der Waals surface area contributed by atoms with Crippen LogP contribution < -0.4 is 0 Å². The maximum atomic E-state index is 12.4. The number of Topliss-reactive ketones (excluding diaryl/α,β-unsaturated/α-hetero) is 1. The summed E-state index contributed by atoms with van der Waals surface area (Å²) >= 11 is 0.994. The molecule has 0 spiro atoms. The monoisotopic (exact) mass is 286 g/mol. The Kier molecular flexibility index (Phi) is 3.66. The van der Waals surface area contributed by atoms with Crippen LogP contribution in [-0.2, 0) is 12.6 Å². The van der Waals surface area contributed by atoms with Gasteiger partial charge in [-0.25, -0.2) is 0 Å². The Bertz CT molecular complexity index is 590. The standard InChI is InChI=1S/C12H9F3N2OS/c1-7-11(19-17-16-7)10(18)6-8-2-4-9(5-3-8)12(13,14)15/h2-5H,6H2,1H3. The molecule has 0 amide bonds. The van der Waals surface area contributed by atoms with Crippen molar-refractivity contribution in [3.63, 3.8) is 0 Å². The maximum absolute atomic E-state index is 12.4. The van der Waals surface area contributed by atoms with Crippen LogP contribution >= 0.6 is 11.5 Å². The van der Waals surface area contributed by atoms with Crippen LogP contribution in [0.4, 0.5) is 13.2 Å². The minimum absolute atomic E-state index is 0.0445. The van der Waals surface area contributed by atoms with Crippen molar-refractivity contribution in [2.24, 2.45) is 0 Å². The molecular formula is C12H9F3N2OS. The number of rotatable bonds is 3. The first-order valence-electron chi connectivity index (χ1n) is 5.36. The summed E-state index contributed by atoms with van der Waals surface area (Å²) in [6.45, 7) is 1.67. The van der Waals surface area contributed by atoms with Gasteiger partial charge in [-0.05, 0) is 36.2 Å². The Hall–Kier alpha value is -1.76. The highest BCUT2D eigenvalue weighted by molar-refractivity contribution is 7.08. The highest BCUT2D eigenvalue weighted by Crippen LogP contribution is 2.29. The number of nitrogens with zero attached hydrogens (tertiary/aromatic N) is 2. The number of aryl methyl sites for hydroxylation is 1. The van der Waals surface area contributed by atoms with Crippen LogP contribution in [0.15, 0.2) is 24.3 Å². The van der Waals surface area contributed by atoms with Gasteiger partial charge in [-0.2, -0.15) is 13.2 Å². The topological polar surface area (TPSA) is 42.9 Å². The molecule has 0 aliphatic carbocycles. The zero-order valence-electron chi connectivity index (χ0n) is 9.86. The average Bonchev–Trinajstić information content (AvgIpc) is 2.75. The molecule has 0 unspecified atom stereocenters. The minimum atomic E-state index is -4.36. The normalized spacial score (nSPS) is 11.6. The summed E-state index contributed by atoms with van der Waals surface area (Å²) in [6.07, 6.45) is -4.32. The smallest absolute Gasteiger partial charge is 0.293 e. The zero-order valence-corrected chi connectivity index (χ0v) is 10.7. The SMILES string of the molecule is Cc1nnsc1C(=O)Cc1ccc(C(F)(F)F)cc1. The highest BCUT2D eigenvalue weighted by Gasteiger charge is 2.30. The lowest BCUT2D eigenvalue weighted by Gasteiger charge is -2.07. The molecule has 0 N–H and O–H groups in total. The Balaban J connectivity index is 2.12. The van der Waals surface area contributed by atoms with Crippen LogP contribution in [0.25, 0.3) is 0 Å². The van der Waals surface area contributed by atoms with E-state index in [9.17, 15) is 18.0 Å². The van der Waals surface area contributed by atoms with Gasteiger partial charge in [-0.1, -0.05) is 16.6 Å². The summed E-state index contributed by atoms with van der Waals surface area (Å²) in [5.41, 5.74) is 0.354. The van der Waals surface area contributed by atoms with Crippen molar-refractivity contribution < 1.29 is 18.0 Å². The van der Waals surface area contributed by atoms with E-state index in [0.29, 0.717) is 16.1 Å². The van der Waals surface area contributed by atoms with Crippen LogP contribution in [0.2, 0.25) is 0 Å². The van der Waals surface area contributed by atoms with Crippen LogP contribution in [0.3, 0.4) is 0 Å². The second-order valence-corrected chi connectivity index (χ2v) is 4.74. The first-order chi connectivity index (χ1) is 8.88. The van der Waals surface area contributed by atoms with Crippen molar-refractivity contribution in [2.75, 3.05) is 0 Å². The third-order valence-corrected chi connectivity index (χ3v) is 3.42. The number of ketones is 1. The number of carbonyl (C=O) groups excluding carboxylic acids is 1. The quantitative estimate of drug-likeness (QED) is 0.813. The van der Waals surface area contributed by atoms with E-state index >= 15 is 0 Å². The van der Waals surface area contributed by atoms with Crippen LogP contribution in [0.5, 0.6) is 0 Å². The zero-order chi connectivity index (χ0) is 14.0. The van der Waals surface area contributed by atoms with Crippen LogP contribution in [0.1, 0.15) is 26.5 Å². The lowest BCUT2D eigenvalue weighted by atomic mass is 10.1. The lowest BCUT2D eigenvalue weighted by molar-refractivity contribution is -0.137. The maximum Gasteiger partial charge on any atom is 0.416 e. The summed E-state index contributed by atoms with van der Waals surface area (Å²) in [7, 11) is 0. The van der Waals surface area contributed by atoms with Gasteiger partial charge in [0.1, 0.15) is 4.88 Å². The molecule has 1 aromatic carbocycles. The van der Waals surface area contributed by atoms with E-state index in [2.05, 4.69) is 9.59 Å². The van der Waals surface area contributed by atoms with Gasteiger partial charge in [-0.15, -0.1) is 5.10 Å². The predicted octanol–water partition coefficient (Wildman–Crippen LogP) is 3.29.